The molecule has 1 saturated carbocycles. The van der Waals surface area contributed by atoms with Gasteiger partial charge in [0.15, 0.2) is 5.82 Å². The van der Waals surface area contributed by atoms with Crippen molar-refractivity contribution in [2.24, 2.45) is 11.5 Å². The Hall–Kier alpha value is -2.87. The minimum atomic E-state index is -0.662. The largest absolute Gasteiger partial charge is 0.480 e. The first-order chi connectivity index (χ1) is 13.4. The number of methoxy groups -OCH3 is 1. The molecule has 28 heavy (non-hydrogen) atoms. The standard InChI is InChI=1S/C20H28N6O2/c1-11-8-12(2)10-13(9-11)23-18-16(17(22)27)19(28-3)26-20(25-18)24-15-7-5-4-6-14(15)21/h8-10,14-15H,4-7,21H2,1-3H3,(H2,22,27)(H2,23,24,25,26). The van der Waals surface area contributed by atoms with Crippen LogP contribution in [0.15, 0.2) is 18.2 Å². The molecule has 3 rings (SSSR count). The molecule has 2 unspecified atom stereocenters. The van der Waals surface area contributed by atoms with Gasteiger partial charge in [0, 0.05) is 17.8 Å². The lowest BCUT2D eigenvalue weighted by Gasteiger charge is -2.29. The predicted molar refractivity (Wildman–Crippen MR) is 110 cm³/mol. The van der Waals surface area contributed by atoms with Crippen molar-refractivity contribution in [2.75, 3.05) is 17.7 Å². The number of ether oxygens (including phenoxy) is 1. The molecular weight excluding hydrogens is 356 g/mol. The van der Waals surface area contributed by atoms with Crippen LogP contribution in [0.1, 0.15) is 47.2 Å². The van der Waals surface area contributed by atoms with Crippen molar-refractivity contribution in [1.82, 2.24) is 9.97 Å². The van der Waals surface area contributed by atoms with Gasteiger partial charge < -0.3 is 26.8 Å². The molecule has 2 atom stereocenters. The zero-order chi connectivity index (χ0) is 20.3. The Bertz CT molecular complexity index is 850. The SMILES string of the molecule is COc1nc(NC2CCCCC2N)nc(Nc2cc(C)cc(C)c2)c1C(N)=O. The number of nitrogens with two attached hydrogens (primary N) is 2. The van der Waals surface area contributed by atoms with Gasteiger partial charge >= 0.3 is 0 Å². The number of aromatic nitrogens is 2. The maximum atomic E-state index is 12.1. The van der Waals surface area contributed by atoms with Crippen LogP contribution in [0.4, 0.5) is 17.5 Å². The molecule has 1 heterocycles. The van der Waals surface area contributed by atoms with Gasteiger partial charge in [-0.25, -0.2) is 0 Å². The summed E-state index contributed by atoms with van der Waals surface area (Å²) in [6.45, 7) is 4.01. The Morgan fingerprint density at radius 3 is 2.43 bits per heavy atom. The number of hydrogen-bond acceptors (Lipinski definition) is 7. The van der Waals surface area contributed by atoms with Crippen LogP contribution >= 0.6 is 0 Å². The van der Waals surface area contributed by atoms with E-state index >= 15 is 0 Å². The molecule has 1 aliphatic carbocycles. The summed E-state index contributed by atoms with van der Waals surface area (Å²) in [5, 5.41) is 6.50. The van der Waals surface area contributed by atoms with Gasteiger partial charge in [-0.15, -0.1) is 0 Å². The van der Waals surface area contributed by atoms with Crippen molar-refractivity contribution in [3.05, 3.63) is 34.9 Å². The van der Waals surface area contributed by atoms with E-state index in [0.29, 0.717) is 11.8 Å². The highest BCUT2D eigenvalue weighted by Crippen LogP contribution is 2.29. The molecule has 1 aromatic carbocycles. The van der Waals surface area contributed by atoms with Gasteiger partial charge in [-0.05, 0) is 49.9 Å². The van der Waals surface area contributed by atoms with E-state index in [0.717, 1.165) is 42.5 Å². The Labute approximate surface area is 165 Å². The lowest BCUT2D eigenvalue weighted by molar-refractivity contribution is 0.0997. The van der Waals surface area contributed by atoms with Gasteiger partial charge in [0.1, 0.15) is 5.56 Å². The van der Waals surface area contributed by atoms with Gasteiger partial charge in [-0.3, -0.25) is 4.79 Å². The van der Waals surface area contributed by atoms with Crippen LogP contribution < -0.4 is 26.8 Å². The third-order valence-electron chi connectivity index (χ3n) is 4.93. The zero-order valence-corrected chi connectivity index (χ0v) is 16.6. The van der Waals surface area contributed by atoms with Crippen LogP contribution in [0.5, 0.6) is 5.88 Å². The van der Waals surface area contributed by atoms with E-state index in [2.05, 4.69) is 26.7 Å². The number of rotatable bonds is 6. The maximum Gasteiger partial charge on any atom is 0.258 e. The Kier molecular flexibility index (Phi) is 5.99. The lowest BCUT2D eigenvalue weighted by atomic mass is 9.91. The van der Waals surface area contributed by atoms with Crippen LogP contribution in [0, 0.1) is 13.8 Å². The van der Waals surface area contributed by atoms with Crippen LogP contribution in [0.25, 0.3) is 0 Å². The van der Waals surface area contributed by atoms with E-state index in [-0.39, 0.29) is 23.5 Å². The van der Waals surface area contributed by atoms with Gasteiger partial charge in [-0.2, -0.15) is 9.97 Å². The topological polar surface area (TPSA) is 128 Å². The third-order valence-corrected chi connectivity index (χ3v) is 4.93. The Morgan fingerprint density at radius 2 is 1.82 bits per heavy atom. The molecule has 0 aliphatic heterocycles. The van der Waals surface area contributed by atoms with Gasteiger partial charge in [0.05, 0.1) is 7.11 Å². The second-order valence-corrected chi connectivity index (χ2v) is 7.34. The van der Waals surface area contributed by atoms with Crippen LogP contribution in [0.2, 0.25) is 0 Å². The summed E-state index contributed by atoms with van der Waals surface area (Å²) >= 11 is 0. The first kappa shape index (κ1) is 19.9. The van der Waals surface area contributed by atoms with E-state index < -0.39 is 5.91 Å². The van der Waals surface area contributed by atoms with Crippen molar-refractivity contribution in [3.8, 4) is 5.88 Å². The number of primary amides is 1. The molecule has 1 aliphatic rings. The molecule has 1 amide bonds. The maximum absolute atomic E-state index is 12.1. The monoisotopic (exact) mass is 384 g/mol. The molecule has 6 N–H and O–H groups in total. The quantitative estimate of drug-likeness (QED) is 0.602. The lowest BCUT2D eigenvalue weighted by Crippen LogP contribution is -2.43. The number of nitrogens with one attached hydrogen (secondary N) is 2. The first-order valence-electron chi connectivity index (χ1n) is 9.50. The summed E-state index contributed by atoms with van der Waals surface area (Å²) in [4.78, 5) is 20.9. The second kappa shape index (κ2) is 8.43. The molecule has 1 fully saturated rings. The smallest absolute Gasteiger partial charge is 0.258 e. The third kappa shape index (κ3) is 4.51. The molecule has 0 saturated heterocycles. The van der Waals surface area contributed by atoms with Crippen molar-refractivity contribution >= 4 is 23.4 Å². The van der Waals surface area contributed by atoms with Crippen LogP contribution in [0.3, 0.4) is 0 Å². The number of amides is 1. The average Bonchev–Trinajstić information content (AvgIpc) is 2.62. The fraction of sp³-hybridized carbons (Fsp3) is 0.450. The fourth-order valence-electron chi connectivity index (χ4n) is 3.65. The molecule has 8 heteroatoms. The van der Waals surface area contributed by atoms with E-state index in [1.165, 1.54) is 7.11 Å². The van der Waals surface area contributed by atoms with E-state index in [1.54, 1.807) is 0 Å². The van der Waals surface area contributed by atoms with Gasteiger partial charge in [-0.1, -0.05) is 18.9 Å². The summed E-state index contributed by atoms with van der Waals surface area (Å²) in [6.07, 6.45) is 4.14. The molecule has 150 valence electrons. The van der Waals surface area contributed by atoms with Crippen molar-refractivity contribution in [3.63, 3.8) is 0 Å². The van der Waals surface area contributed by atoms with Gasteiger partial charge in [0.2, 0.25) is 11.8 Å². The highest BCUT2D eigenvalue weighted by atomic mass is 16.5. The van der Waals surface area contributed by atoms with E-state index in [9.17, 15) is 4.79 Å². The van der Waals surface area contributed by atoms with Crippen LogP contribution in [-0.4, -0.2) is 35.1 Å². The Morgan fingerprint density at radius 1 is 1.14 bits per heavy atom. The zero-order valence-electron chi connectivity index (χ0n) is 16.6. The normalized spacial score (nSPS) is 19.1. The number of aryl methyl sites for hydroxylation is 2. The fourth-order valence-corrected chi connectivity index (χ4v) is 3.65. The molecule has 0 radical (unpaired) electrons. The summed E-state index contributed by atoms with van der Waals surface area (Å²) in [6, 6.07) is 6.12. The molecule has 0 bridgehead atoms. The molecular formula is C20H28N6O2. The minimum absolute atomic E-state index is 0.0370. The number of hydrogen-bond donors (Lipinski definition) is 4. The number of carbonyl (C=O) groups excluding carboxylic acids is 1. The van der Waals surface area contributed by atoms with E-state index in [1.807, 2.05) is 26.0 Å². The minimum Gasteiger partial charge on any atom is -0.480 e. The van der Waals surface area contributed by atoms with E-state index in [4.69, 9.17) is 16.2 Å². The second-order valence-electron chi connectivity index (χ2n) is 7.34. The molecule has 0 spiro atoms. The number of anilines is 3. The van der Waals surface area contributed by atoms with Gasteiger partial charge in [0.25, 0.3) is 5.91 Å². The number of nitrogens with zero attached hydrogens (tertiary/aromatic N) is 2. The van der Waals surface area contributed by atoms with Crippen molar-refractivity contribution < 1.29 is 9.53 Å². The molecule has 2 aromatic rings. The summed E-state index contributed by atoms with van der Waals surface area (Å²) in [7, 11) is 1.45. The summed E-state index contributed by atoms with van der Waals surface area (Å²) < 4.78 is 5.33. The summed E-state index contributed by atoms with van der Waals surface area (Å²) in [5.41, 5.74) is 14.9. The Balaban J connectivity index is 1.98. The molecule has 8 nitrogen and oxygen atoms in total. The van der Waals surface area contributed by atoms with Crippen molar-refractivity contribution in [1.29, 1.82) is 0 Å². The number of benzene rings is 1. The number of carbonyl (C=O) groups is 1. The predicted octanol–water partition coefficient (Wildman–Crippen LogP) is 2.63. The highest BCUT2D eigenvalue weighted by Gasteiger charge is 2.25. The van der Waals surface area contributed by atoms with Crippen LogP contribution in [-0.2, 0) is 0 Å². The average molecular weight is 384 g/mol. The first-order valence-corrected chi connectivity index (χ1v) is 9.50. The highest BCUT2D eigenvalue weighted by molar-refractivity contribution is 6.00. The summed E-state index contributed by atoms with van der Waals surface area (Å²) in [5.74, 6) is 0.123. The molecule has 1 aromatic heterocycles. The van der Waals surface area contributed by atoms with Crippen molar-refractivity contribution in [2.45, 2.75) is 51.6 Å².